The molecule has 5 heteroatoms. The summed E-state index contributed by atoms with van der Waals surface area (Å²) in [6.45, 7) is 6.18. The Morgan fingerprint density at radius 2 is 2.24 bits per heavy atom. The summed E-state index contributed by atoms with van der Waals surface area (Å²) in [5, 5.41) is 15.5. The molecule has 0 aliphatic heterocycles. The predicted octanol–water partition coefficient (Wildman–Crippen LogP) is 1.92. The second kappa shape index (κ2) is 6.10. The average Bonchev–Trinajstić information content (AvgIpc) is 3.05. The van der Waals surface area contributed by atoms with E-state index in [1.165, 1.54) is 19.3 Å². The lowest BCUT2D eigenvalue weighted by Crippen LogP contribution is -2.21. The molecule has 17 heavy (non-hydrogen) atoms. The highest BCUT2D eigenvalue weighted by molar-refractivity contribution is 4.86. The summed E-state index contributed by atoms with van der Waals surface area (Å²) in [5.74, 6) is 1.89. The number of aromatic nitrogens is 4. The van der Waals surface area contributed by atoms with Gasteiger partial charge in [0, 0.05) is 0 Å². The summed E-state index contributed by atoms with van der Waals surface area (Å²) in [6, 6.07) is 0.482. The van der Waals surface area contributed by atoms with Crippen LogP contribution in [-0.4, -0.2) is 26.8 Å². The first-order valence-electron chi connectivity index (χ1n) is 6.82. The van der Waals surface area contributed by atoms with Crippen molar-refractivity contribution in [3.8, 4) is 0 Å². The van der Waals surface area contributed by atoms with Gasteiger partial charge in [-0.3, -0.25) is 0 Å². The van der Waals surface area contributed by atoms with Crippen molar-refractivity contribution in [2.24, 2.45) is 5.92 Å². The molecule has 1 aromatic heterocycles. The van der Waals surface area contributed by atoms with Gasteiger partial charge in [-0.2, -0.15) is 0 Å². The van der Waals surface area contributed by atoms with Gasteiger partial charge in [0.05, 0.1) is 12.6 Å². The molecule has 0 bridgehead atoms. The van der Waals surface area contributed by atoms with Crippen LogP contribution in [0.4, 0.5) is 0 Å². The topological polar surface area (TPSA) is 55.6 Å². The van der Waals surface area contributed by atoms with Crippen LogP contribution < -0.4 is 5.32 Å². The number of hydrogen-bond donors (Lipinski definition) is 1. The molecule has 1 heterocycles. The zero-order valence-corrected chi connectivity index (χ0v) is 10.9. The molecule has 1 aliphatic carbocycles. The lowest BCUT2D eigenvalue weighted by atomic mass is 10.1. The maximum atomic E-state index is 4.16. The minimum atomic E-state index is 0.482. The first-order valence-corrected chi connectivity index (χ1v) is 6.82. The molecule has 0 saturated heterocycles. The van der Waals surface area contributed by atoms with Crippen LogP contribution in [0.1, 0.15) is 57.8 Å². The van der Waals surface area contributed by atoms with E-state index >= 15 is 0 Å². The first-order chi connectivity index (χ1) is 8.35. The minimum absolute atomic E-state index is 0.482. The molecule has 1 N–H and O–H groups in total. The molecule has 1 unspecified atom stereocenters. The lowest BCUT2D eigenvalue weighted by molar-refractivity contribution is 0.370. The molecule has 0 amide bonds. The summed E-state index contributed by atoms with van der Waals surface area (Å²) in [6.07, 6.45) is 6.27. The fourth-order valence-electron chi connectivity index (χ4n) is 2.17. The molecule has 0 aromatic carbocycles. The van der Waals surface area contributed by atoms with Crippen LogP contribution in [0.25, 0.3) is 0 Å². The number of nitrogens with zero attached hydrogens (tertiary/aromatic N) is 4. The van der Waals surface area contributed by atoms with Gasteiger partial charge in [-0.1, -0.05) is 26.7 Å². The van der Waals surface area contributed by atoms with Crippen molar-refractivity contribution >= 4 is 0 Å². The first kappa shape index (κ1) is 12.5. The van der Waals surface area contributed by atoms with E-state index in [0.717, 1.165) is 37.7 Å². The third-order valence-electron chi connectivity index (χ3n) is 3.39. The molecular weight excluding hydrogens is 214 g/mol. The second-order valence-corrected chi connectivity index (χ2v) is 4.96. The molecule has 1 atom stereocenters. The van der Waals surface area contributed by atoms with Gasteiger partial charge < -0.3 is 5.32 Å². The van der Waals surface area contributed by atoms with Crippen molar-refractivity contribution in [3.63, 3.8) is 0 Å². The van der Waals surface area contributed by atoms with Gasteiger partial charge >= 0.3 is 0 Å². The average molecular weight is 237 g/mol. The molecule has 1 aliphatic rings. The van der Waals surface area contributed by atoms with Gasteiger partial charge in [-0.25, -0.2) is 4.68 Å². The Morgan fingerprint density at radius 1 is 1.41 bits per heavy atom. The highest BCUT2D eigenvalue weighted by atomic mass is 15.6. The molecule has 0 radical (unpaired) electrons. The second-order valence-electron chi connectivity index (χ2n) is 4.96. The van der Waals surface area contributed by atoms with Crippen LogP contribution in [-0.2, 0) is 6.54 Å². The summed E-state index contributed by atoms with van der Waals surface area (Å²) >= 11 is 0. The van der Waals surface area contributed by atoms with Gasteiger partial charge in [0.15, 0.2) is 5.82 Å². The molecule has 1 saturated carbocycles. The van der Waals surface area contributed by atoms with Crippen LogP contribution >= 0.6 is 0 Å². The van der Waals surface area contributed by atoms with Crippen molar-refractivity contribution in [2.45, 2.75) is 58.5 Å². The Bertz CT molecular complexity index is 331. The SMILES string of the molecule is CCCNCc1nnnn1C(CC)CC1CC1. The molecule has 5 nitrogen and oxygen atoms in total. The Hall–Kier alpha value is -0.970. The number of rotatable bonds is 8. The van der Waals surface area contributed by atoms with E-state index in [9.17, 15) is 0 Å². The maximum Gasteiger partial charge on any atom is 0.165 e. The van der Waals surface area contributed by atoms with E-state index < -0.39 is 0 Å². The summed E-state index contributed by atoms with van der Waals surface area (Å²) in [7, 11) is 0. The largest absolute Gasteiger partial charge is 0.310 e. The summed E-state index contributed by atoms with van der Waals surface area (Å²) in [5.41, 5.74) is 0. The quantitative estimate of drug-likeness (QED) is 0.702. The third-order valence-corrected chi connectivity index (χ3v) is 3.39. The summed E-state index contributed by atoms with van der Waals surface area (Å²) < 4.78 is 2.03. The lowest BCUT2D eigenvalue weighted by Gasteiger charge is -2.16. The standard InChI is InChI=1S/C12H23N5/c1-3-7-13-9-12-14-15-16-17(12)11(4-2)8-10-5-6-10/h10-11,13H,3-9H2,1-2H3. The van der Waals surface area contributed by atoms with Gasteiger partial charge in [0.1, 0.15) is 0 Å². The Labute approximate surface area is 103 Å². The van der Waals surface area contributed by atoms with E-state index in [1.54, 1.807) is 0 Å². The van der Waals surface area contributed by atoms with Gasteiger partial charge in [-0.15, -0.1) is 5.10 Å². The fourth-order valence-corrected chi connectivity index (χ4v) is 2.17. The normalized spacial score (nSPS) is 17.3. The van der Waals surface area contributed by atoms with E-state index in [1.807, 2.05) is 4.68 Å². The van der Waals surface area contributed by atoms with Crippen molar-refractivity contribution in [1.82, 2.24) is 25.5 Å². The van der Waals surface area contributed by atoms with Crippen LogP contribution in [0.3, 0.4) is 0 Å². The van der Waals surface area contributed by atoms with E-state index in [4.69, 9.17) is 0 Å². The van der Waals surface area contributed by atoms with Crippen LogP contribution in [0, 0.1) is 5.92 Å². The molecule has 0 spiro atoms. The van der Waals surface area contributed by atoms with Crippen LogP contribution in [0.2, 0.25) is 0 Å². The monoisotopic (exact) mass is 237 g/mol. The highest BCUT2D eigenvalue weighted by Gasteiger charge is 2.27. The van der Waals surface area contributed by atoms with Crippen molar-refractivity contribution in [1.29, 1.82) is 0 Å². The van der Waals surface area contributed by atoms with Gasteiger partial charge in [0.2, 0.25) is 0 Å². The van der Waals surface area contributed by atoms with Crippen molar-refractivity contribution in [2.75, 3.05) is 6.54 Å². The van der Waals surface area contributed by atoms with Crippen LogP contribution in [0.5, 0.6) is 0 Å². The van der Waals surface area contributed by atoms with E-state index in [2.05, 4.69) is 34.7 Å². The number of tetrazole rings is 1. The fraction of sp³-hybridized carbons (Fsp3) is 0.917. The Morgan fingerprint density at radius 3 is 2.88 bits per heavy atom. The smallest absolute Gasteiger partial charge is 0.165 e. The maximum absolute atomic E-state index is 4.16. The molecule has 1 aromatic rings. The zero-order valence-electron chi connectivity index (χ0n) is 10.9. The number of nitrogens with one attached hydrogen (secondary N) is 1. The minimum Gasteiger partial charge on any atom is -0.310 e. The number of hydrogen-bond acceptors (Lipinski definition) is 4. The van der Waals surface area contributed by atoms with Crippen LogP contribution in [0.15, 0.2) is 0 Å². The van der Waals surface area contributed by atoms with E-state index in [-0.39, 0.29) is 0 Å². The van der Waals surface area contributed by atoms with Gasteiger partial charge in [0.25, 0.3) is 0 Å². The molecule has 96 valence electrons. The van der Waals surface area contributed by atoms with E-state index in [0.29, 0.717) is 6.04 Å². The highest BCUT2D eigenvalue weighted by Crippen LogP contribution is 2.37. The predicted molar refractivity (Wildman–Crippen MR) is 66.5 cm³/mol. The Balaban J connectivity index is 1.94. The van der Waals surface area contributed by atoms with Gasteiger partial charge in [-0.05, 0) is 42.2 Å². The van der Waals surface area contributed by atoms with Crippen molar-refractivity contribution in [3.05, 3.63) is 5.82 Å². The molecule has 1 fully saturated rings. The Kier molecular flexibility index (Phi) is 4.48. The van der Waals surface area contributed by atoms with Crippen molar-refractivity contribution < 1.29 is 0 Å². The zero-order chi connectivity index (χ0) is 12.1. The molecule has 2 rings (SSSR count). The summed E-state index contributed by atoms with van der Waals surface area (Å²) in [4.78, 5) is 0. The molecular formula is C12H23N5. The third kappa shape index (κ3) is 3.49.